The average Bonchev–Trinajstić information content (AvgIpc) is 2.48. The van der Waals surface area contributed by atoms with Gasteiger partial charge in [0.2, 0.25) is 0 Å². The van der Waals surface area contributed by atoms with Gasteiger partial charge in [-0.15, -0.1) is 0 Å². The van der Waals surface area contributed by atoms with Crippen molar-refractivity contribution in [2.75, 3.05) is 5.32 Å². The lowest BCUT2D eigenvalue weighted by molar-refractivity contribution is 0.317. The Morgan fingerprint density at radius 3 is 2.42 bits per heavy atom. The quantitative estimate of drug-likeness (QED) is 0.727. The molecular formula is C18H29N. The highest BCUT2D eigenvalue weighted by Gasteiger charge is 2.23. The van der Waals surface area contributed by atoms with Gasteiger partial charge in [0.25, 0.3) is 0 Å². The van der Waals surface area contributed by atoms with E-state index in [1.807, 2.05) is 0 Å². The van der Waals surface area contributed by atoms with Crippen LogP contribution in [0.15, 0.2) is 24.3 Å². The summed E-state index contributed by atoms with van der Waals surface area (Å²) in [4.78, 5) is 0. The van der Waals surface area contributed by atoms with Crippen LogP contribution >= 0.6 is 0 Å². The summed E-state index contributed by atoms with van der Waals surface area (Å²) in [5.74, 6) is 1.54. The summed E-state index contributed by atoms with van der Waals surface area (Å²) in [6, 6.07) is 9.81. The molecule has 1 aromatic carbocycles. The third kappa shape index (κ3) is 3.75. The molecule has 0 amide bonds. The molecule has 1 fully saturated rings. The van der Waals surface area contributed by atoms with Crippen LogP contribution in [-0.2, 0) is 0 Å². The molecule has 0 saturated heterocycles. The van der Waals surface area contributed by atoms with E-state index in [9.17, 15) is 0 Å². The van der Waals surface area contributed by atoms with E-state index in [2.05, 4.69) is 50.4 Å². The van der Waals surface area contributed by atoms with Crippen molar-refractivity contribution in [3.05, 3.63) is 29.8 Å². The zero-order chi connectivity index (χ0) is 13.7. The maximum Gasteiger partial charge on any atom is 0.0342 e. The summed E-state index contributed by atoms with van der Waals surface area (Å²) < 4.78 is 0. The predicted octanol–water partition coefficient (Wildman–Crippen LogP) is 5.58. The van der Waals surface area contributed by atoms with Gasteiger partial charge in [0, 0.05) is 11.7 Å². The Balaban J connectivity index is 1.98. The van der Waals surface area contributed by atoms with Crippen LogP contribution < -0.4 is 5.32 Å². The van der Waals surface area contributed by atoms with Crippen LogP contribution in [0.1, 0.15) is 70.8 Å². The average molecular weight is 259 g/mol. The van der Waals surface area contributed by atoms with E-state index in [1.54, 1.807) is 0 Å². The van der Waals surface area contributed by atoms with Crippen molar-refractivity contribution in [3.63, 3.8) is 0 Å². The SMILES string of the molecule is CCC(C)c1ccc(NC2CCCCC2CC)cc1. The Morgan fingerprint density at radius 1 is 1.11 bits per heavy atom. The molecule has 1 saturated carbocycles. The fraction of sp³-hybridized carbons (Fsp3) is 0.667. The molecule has 2 rings (SSSR count). The summed E-state index contributed by atoms with van der Waals surface area (Å²) in [5.41, 5.74) is 2.76. The third-order valence-electron chi connectivity index (χ3n) is 4.88. The maximum absolute atomic E-state index is 3.77. The molecule has 106 valence electrons. The zero-order valence-corrected chi connectivity index (χ0v) is 12.8. The number of anilines is 1. The van der Waals surface area contributed by atoms with E-state index in [-0.39, 0.29) is 0 Å². The minimum atomic E-state index is 0.673. The number of benzene rings is 1. The summed E-state index contributed by atoms with van der Waals surface area (Å²) in [7, 11) is 0. The van der Waals surface area contributed by atoms with Gasteiger partial charge in [-0.3, -0.25) is 0 Å². The van der Waals surface area contributed by atoms with Crippen molar-refractivity contribution in [1.29, 1.82) is 0 Å². The van der Waals surface area contributed by atoms with E-state index in [4.69, 9.17) is 0 Å². The Bertz CT molecular complexity index is 368. The molecular weight excluding hydrogens is 230 g/mol. The summed E-state index contributed by atoms with van der Waals surface area (Å²) in [5, 5.41) is 3.77. The first-order valence-electron chi connectivity index (χ1n) is 8.11. The van der Waals surface area contributed by atoms with Gasteiger partial charge in [0.1, 0.15) is 0 Å². The molecule has 19 heavy (non-hydrogen) atoms. The molecule has 1 aliphatic carbocycles. The van der Waals surface area contributed by atoms with Gasteiger partial charge < -0.3 is 5.32 Å². The molecule has 0 aromatic heterocycles. The van der Waals surface area contributed by atoms with Gasteiger partial charge in [-0.2, -0.15) is 0 Å². The van der Waals surface area contributed by atoms with Gasteiger partial charge in [-0.1, -0.05) is 52.2 Å². The number of hydrogen-bond acceptors (Lipinski definition) is 1. The van der Waals surface area contributed by atoms with Crippen molar-refractivity contribution < 1.29 is 0 Å². The highest BCUT2D eigenvalue weighted by Crippen LogP contribution is 2.30. The Kier molecular flexibility index (Phi) is 5.30. The predicted molar refractivity (Wildman–Crippen MR) is 84.8 cm³/mol. The van der Waals surface area contributed by atoms with Crippen LogP contribution in [0.3, 0.4) is 0 Å². The molecule has 0 bridgehead atoms. The van der Waals surface area contributed by atoms with Gasteiger partial charge in [0.15, 0.2) is 0 Å². The first kappa shape index (κ1) is 14.4. The summed E-state index contributed by atoms with van der Waals surface area (Å²) in [6.07, 6.45) is 8.07. The zero-order valence-electron chi connectivity index (χ0n) is 12.8. The van der Waals surface area contributed by atoms with E-state index in [1.165, 1.54) is 49.8 Å². The Hall–Kier alpha value is -0.980. The van der Waals surface area contributed by atoms with Crippen molar-refractivity contribution in [3.8, 4) is 0 Å². The summed E-state index contributed by atoms with van der Waals surface area (Å²) in [6.45, 7) is 6.89. The standard InChI is InChI=1S/C18H29N/c1-4-14(3)16-10-12-17(13-11-16)19-18-9-7-6-8-15(18)5-2/h10-15,18-19H,4-9H2,1-3H3. The van der Waals surface area contributed by atoms with Crippen molar-refractivity contribution >= 4 is 5.69 Å². The molecule has 1 aliphatic rings. The van der Waals surface area contributed by atoms with E-state index in [0.29, 0.717) is 12.0 Å². The lowest BCUT2D eigenvalue weighted by Crippen LogP contribution is -2.31. The van der Waals surface area contributed by atoms with Crippen LogP contribution in [0.4, 0.5) is 5.69 Å². The molecule has 0 spiro atoms. The second-order valence-corrected chi connectivity index (χ2v) is 6.13. The van der Waals surface area contributed by atoms with Gasteiger partial charge in [-0.25, -0.2) is 0 Å². The van der Waals surface area contributed by atoms with Gasteiger partial charge in [0.05, 0.1) is 0 Å². The minimum absolute atomic E-state index is 0.673. The normalized spacial score (nSPS) is 25.0. The maximum atomic E-state index is 3.77. The lowest BCUT2D eigenvalue weighted by atomic mass is 9.83. The second-order valence-electron chi connectivity index (χ2n) is 6.13. The number of rotatable bonds is 5. The molecule has 3 atom stereocenters. The van der Waals surface area contributed by atoms with Gasteiger partial charge in [-0.05, 0) is 48.8 Å². The van der Waals surface area contributed by atoms with Crippen LogP contribution in [-0.4, -0.2) is 6.04 Å². The van der Waals surface area contributed by atoms with Gasteiger partial charge >= 0.3 is 0 Å². The van der Waals surface area contributed by atoms with Crippen molar-refractivity contribution in [1.82, 2.24) is 0 Å². The third-order valence-corrected chi connectivity index (χ3v) is 4.88. The van der Waals surface area contributed by atoms with Crippen LogP contribution in [0, 0.1) is 5.92 Å². The topological polar surface area (TPSA) is 12.0 Å². The molecule has 1 nitrogen and oxygen atoms in total. The largest absolute Gasteiger partial charge is 0.382 e. The molecule has 3 unspecified atom stereocenters. The van der Waals surface area contributed by atoms with Crippen LogP contribution in [0.5, 0.6) is 0 Å². The monoisotopic (exact) mass is 259 g/mol. The second kappa shape index (κ2) is 6.98. The molecule has 0 radical (unpaired) electrons. The Labute approximate surface area is 118 Å². The van der Waals surface area contributed by atoms with Crippen LogP contribution in [0.25, 0.3) is 0 Å². The van der Waals surface area contributed by atoms with E-state index in [0.717, 1.165) is 5.92 Å². The first-order chi connectivity index (χ1) is 9.24. The van der Waals surface area contributed by atoms with E-state index < -0.39 is 0 Å². The number of hydrogen-bond donors (Lipinski definition) is 1. The molecule has 0 aliphatic heterocycles. The van der Waals surface area contributed by atoms with Crippen molar-refractivity contribution in [2.24, 2.45) is 5.92 Å². The number of nitrogens with one attached hydrogen (secondary N) is 1. The highest BCUT2D eigenvalue weighted by atomic mass is 14.9. The minimum Gasteiger partial charge on any atom is -0.382 e. The van der Waals surface area contributed by atoms with Crippen LogP contribution in [0.2, 0.25) is 0 Å². The molecule has 1 N–H and O–H groups in total. The molecule has 0 heterocycles. The van der Waals surface area contributed by atoms with Crippen molar-refractivity contribution in [2.45, 2.75) is 71.3 Å². The lowest BCUT2D eigenvalue weighted by Gasteiger charge is -2.32. The molecule has 1 heteroatoms. The molecule has 1 aromatic rings. The summed E-state index contributed by atoms with van der Waals surface area (Å²) >= 11 is 0. The first-order valence-corrected chi connectivity index (χ1v) is 8.11. The van der Waals surface area contributed by atoms with E-state index >= 15 is 0 Å². The fourth-order valence-electron chi connectivity index (χ4n) is 3.24. The highest BCUT2D eigenvalue weighted by molar-refractivity contribution is 5.46. The Morgan fingerprint density at radius 2 is 1.79 bits per heavy atom. The fourth-order valence-corrected chi connectivity index (χ4v) is 3.24. The smallest absolute Gasteiger partial charge is 0.0342 e.